The molecular weight excluding hydrogens is 340 g/mol. The molecule has 0 aliphatic carbocycles. The lowest BCUT2D eigenvalue weighted by atomic mass is 10.2. The average Bonchev–Trinajstić information content (AvgIpc) is 2.97. The number of ether oxygens (including phenoxy) is 1. The topological polar surface area (TPSA) is 74.1 Å². The van der Waals surface area contributed by atoms with Crippen LogP contribution in [0.3, 0.4) is 0 Å². The fourth-order valence-electron chi connectivity index (χ4n) is 2.16. The van der Waals surface area contributed by atoms with Crippen LogP contribution in [0.15, 0.2) is 53.8 Å². The highest BCUT2D eigenvalue weighted by molar-refractivity contribution is 7.90. The van der Waals surface area contributed by atoms with E-state index in [1.165, 1.54) is 43.6 Å². The second-order valence-corrected chi connectivity index (χ2v) is 6.43. The Labute approximate surface area is 136 Å². The molecule has 3 aromatic heterocycles. The average molecular weight is 351 g/mol. The van der Waals surface area contributed by atoms with E-state index in [0.29, 0.717) is 3.97 Å². The first-order valence-corrected chi connectivity index (χ1v) is 8.13. The van der Waals surface area contributed by atoms with E-state index < -0.39 is 27.5 Å². The molecule has 0 aromatic carbocycles. The lowest BCUT2D eigenvalue weighted by Crippen LogP contribution is -2.15. The molecule has 3 rings (SSSR count). The molecule has 0 N–H and O–H groups in total. The van der Waals surface area contributed by atoms with Crippen LogP contribution in [0.4, 0.5) is 8.78 Å². The SMILES string of the molecule is COc1cccc(S(=O)(=O)n2ccc(F)c2-c2cccnc2F)n1. The summed E-state index contributed by atoms with van der Waals surface area (Å²) in [6.07, 6.45) is 2.18. The number of hydrogen-bond donors (Lipinski definition) is 0. The molecule has 0 bridgehead atoms. The minimum Gasteiger partial charge on any atom is -0.481 e. The summed E-state index contributed by atoms with van der Waals surface area (Å²) < 4.78 is 59.1. The largest absolute Gasteiger partial charge is 0.481 e. The summed E-state index contributed by atoms with van der Waals surface area (Å²) in [6, 6.07) is 7.69. The van der Waals surface area contributed by atoms with Crippen molar-refractivity contribution in [2.45, 2.75) is 5.03 Å². The highest BCUT2D eigenvalue weighted by Gasteiger charge is 2.26. The Morgan fingerprint density at radius 1 is 1.12 bits per heavy atom. The monoisotopic (exact) mass is 351 g/mol. The predicted octanol–water partition coefficient (Wildman–Crippen LogP) is 2.47. The molecule has 124 valence electrons. The van der Waals surface area contributed by atoms with Gasteiger partial charge in [-0.1, -0.05) is 6.07 Å². The molecule has 0 unspecified atom stereocenters. The van der Waals surface area contributed by atoms with Gasteiger partial charge in [0.25, 0.3) is 10.0 Å². The molecule has 0 aliphatic rings. The molecule has 0 amide bonds. The Kier molecular flexibility index (Phi) is 4.02. The number of hydrogen-bond acceptors (Lipinski definition) is 5. The number of aromatic nitrogens is 3. The molecule has 0 atom stereocenters. The number of nitrogens with zero attached hydrogens (tertiary/aromatic N) is 3. The van der Waals surface area contributed by atoms with Crippen LogP contribution in [0.25, 0.3) is 11.3 Å². The Bertz CT molecular complexity index is 1000. The van der Waals surface area contributed by atoms with Crippen molar-refractivity contribution in [2.24, 2.45) is 0 Å². The third kappa shape index (κ3) is 2.62. The van der Waals surface area contributed by atoms with E-state index in [1.807, 2.05) is 0 Å². The molecule has 0 saturated heterocycles. The third-order valence-corrected chi connectivity index (χ3v) is 4.83. The molecule has 24 heavy (non-hydrogen) atoms. The van der Waals surface area contributed by atoms with E-state index >= 15 is 0 Å². The highest BCUT2D eigenvalue weighted by atomic mass is 32.2. The second-order valence-electron chi connectivity index (χ2n) is 4.67. The Hall–Kier alpha value is -2.81. The first-order chi connectivity index (χ1) is 11.4. The van der Waals surface area contributed by atoms with Gasteiger partial charge < -0.3 is 4.74 Å². The maximum atomic E-state index is 14.1. The fraction of sp³-hybridized carbons (Fsp3) is 0.0667. The zero-order chi connectivity index (χ0) is 17.3. The molecule has 0 radical (unpaired) electrons. The van der Waals surface area contributed by atoms with Gasteiger partial charge in [-0.25, -0.2) is 13.3 Å². The van der Waals surface area contributed by atoms with Crippen molar-refractivity contribution < 1.29 is 21.9 Å². The van der Waals surface area contributed by atoms with Crippen molar-refractivity contribution in [3.8, 4) is 17.1 Å². The van der Waals surface area contributed by atoms with Crippen LogP contribution in [0.2, 0.25) is 0 Å². The molecule has 3 aromatic rings. The molecule has 3 heterocycles. The van der Waals surface area contributed by atoms with Gasteiger partial charge in [-0.3, -0.25) is 0 Å². The van der Waals surface area contributed by atoms with E-state index in [1.54, 1.807) is 0 Å². The predicted molar refractivity (Wildman–Crippen MR) is 81.0 cm³/mol. The molecule has 0 saturated carbocycles. The van der Waals surface area contributed by atoms with Gasteiger partial charge in [0, 0.05) is 18.5 Å². The van der Waals surface area contributed by atoms with Gasteiger partial charge in [-0.05, 0) is 24.3 Å². The van der Waals surface area contributed by atoms with Crippen molar-refractivity contribution in [3.63, 3.8) is 0 Å². The van der Waals surface area contributed by atoms with E-state index in [0.717, 1.165) is 12.3 Å². The molecular formula is C15H11F2N3O3S. The zero-order valence-electron chi connectivity index (χ0n) is 12.3. The van der Waals surface area contributed by atoms with Gasteiger partial charge in [-0.2, -0.15) is 17.8 Å². The van der Waals surface area contributed by atoms with Crippen LogP contribution < -0.4 is 4.74 Å². The summed E-state index contributed by atoms with van der Waals surface area (Å²) in [4.78, 5) is 7.27. The normalized spacial score (nSPS) is 11.5. The van der Waals surface area contributed by atoms with Crippen LogP contribution in [-0.4, -0.2) is 29.5 Å². The summed E-state index contributed by atoms with van der Waals surface area (Å²) in [5, 5.41) is -0.358. The van der Waals surface area contributed by atoms with Crippen molar-refractivity contribution in [2.75, 3.05) is 7.11 Å². The van der Waals surface area contributed by atoms with Crippen LogP contribution in [0.5, 0.6) is 5.88 Å². The van der Waals surface area contributed by atoms with E-state index in [4.69, 9.17) is 4.74 Å². The minimum atomic E-state index is -4.26. The van der Waals surface area contributed by atoms with Crippen LogP contribution in [0.1, 0.15) is 0 Å². The number of methoxy groups -OCH3 is 1. The van der Waals surface area contributed by atoms with Crippen molar-refractivity contribution >= 4 is 10.0 Å². The lowest BCUT2D eigenvalue weighted by Gasteiger charge is -2.11. The Balaban J connectivity index is 2.22. The summed E-state index contributed by atoms with van der Waals surface area (Å²) in [5.74, 6) is -1.80. The van der Waals surface area contributed by atoms with Crippen molar-refractivity contribution in [1.82, 2.24) is 13.9 Å². The van der Waals surface area contributed by atoms with Crippen molar-refractivity contribution in [1.29, 1.82) is 0 Å². The maximum Gasteiger partial charge on any atom is 0.285 e. The van der Waals surface area contributed by atoms with E-state index in [2.05, 4.69) is 9.97 Å². The maximum absolute atomic E-state index is 14.1. The van der Waals surface area contributed by atoms with Crippen molar-refractivity contribution in [3.05, 3.63) is 60.6 Å². The highest BCUT2D eigenvalue weighted by Crippen LogP contribution is 2.29. The summed E-state index contributed by atoms with van der Waals surface area (Å²) in [5.41, 5.74) is -0.725. The molecule has 6 nitrogen and oxygen atoms in total. The molecule has 0 fully saturated rings. The fourth-order valence-corrected chi connectivity index (χ4v) is 3.46. The standard InChI is InChI=1S/C15H11F2N3O3S/c1-23-12-5-2-6-13(19-12)24(21,22)20-9-7-11(16)14(20)10-4-3-8-18-15(10)17/h2-9H,1H3. The Morgan fingerprint density at radius 2 is 1.92 bits per heavy atom. The number of rotatable bonds is 4. The summed E-state index contributed by atoms with van der Waals surface area (Å²) in [6.45, 7) is 0. The Morgan fingerprint density at radius 3 is 2.62 bits per heavy atom. The van der Waals surface area contributed by atoms with E-state index in [-0.39, 0.29) is 16.5 Å². The number of halogens is 2. The third-order valence-electron chi connectivity index (χ3n) is 3.25. The minimum absolute atomic E-state index is 0.0813. The van der Waals surface area contributed by atoms with Gasteiger partial charge in [-0.15, -0.1) is 0 Å². The quantitative estimate of drug-likeness (QED) is 0.675. The zero-order valence-corrected chi connectivity index (χ0v) is 13.2. The van der Waals surface area contributed by atoms with Gasteiger partial charge in [0.15, 0.2) is 5.03 Å². The first kappa shape index (κ1) is 16.1. The second kappa shape index (κ2) is 6.00. The van der Waals surface area contributed by atoms with Crippen LogP contribution in [-0.2, 0) is 10.0 Å². The van der Waals surface area contributed by atoms with Gasteiger partial charge in [0.05, 0.1) is 12.7 Å². The molecule has 0 aliphatic heterocycles. The number of pyridine rings is 2. The van der Waals surface area contributed by atoms with E-state index in [9.17, 15) is 17.2 Å². The summed E-state index contributed by atoms with van der Waals surface area (Å²) in [7, 11) is -2.92. The van der Waals surface area contributed by atoms with Crippen LogP contribution >= 0.6 is 0 Å². The summed E-state index contributed by atoms with van der Waals surface area (Å²) >= 11 is 0. The lowest BCUT2D eigenvalue weighted by molar-refractivity contribution is 0.393. The first-order valence-electron chi connectivity index (χ1n) is 6.69. The van der Waals surface area contributed by atoms with Crippen LogP contribution in [0, 0.1) is 11.8 Å². The smallest absolute Gasteiger partial charge is 0.285 e. The molecule has 0 spiro atoms. The van der Waals surface area contributed by atoms with Gasteiger partial charge in [0.1, 0.15) is 11.5 Å². The van der Waals surface area contributed by atoms with Gasteiger partial charge >= 0.3 is 0 Å². The molecule has 9 heteroatoms. The van der Waals surface area contributed by atoms with Gasteiger partial charge in [0.2, 0.25) is 11.8 Å².